The average molecular weight is 272 g/mol. The van der Waals surface area contributed by atoms with Gasteiger partial charge in [-0.25, -0.2) is 0 Å². The summed E-state index contributed by atoms with van der Waals surface area (Å²) >= 11 is 1.46. The van der Waals surface area contributed by atoms with E-state index in [1.54, 1.807) is 0 Å². The molecular formula is C15H12O3S. The third-order valence-corrected chi connectivity index (χ3v) is 4.35. The number of fused-ring (bicyclic) bond motifs is 1. The molecule has 0 bridgehead atoms. The largest absolute Gasteiger partial charge is 0.481 e. The van der Waals surface area contributed by atoms with Gasteiger partial charge in [-0.1, -0.05) is 54.2 Å². The molecule has 2 aromatic rings. The van der Waals surface area contributed by atoms with Crippen molar-refractivity contribution in [1.82, 2.24) is 0 Å². The van der Waals surface area contributed by atoms with Crippen LogP contribution in [-0.2, 0) is 9.73 Å². The summed E-state index contributed by atoms with van der Waals surface area (Å²) in [5, 5.41) is 9.19. The van der Waals surface area contributed by atoms with Crippen LogP contribution in [0.3, 0.4) is 0 Å². The number of aliphatic carboxylic acids is 1. The summed E-state index contributed by atoms with van der Waals surface area (Å²) in [5.74, 6) is -0.123. The van der Waals surface area contributed by atoms with Crippen LogP contribution in [0.15, 0.2) is 59.5 Å². The van der Waals surface area contributed by atoms with E-state index in [4.69, 9.17) is 4.74 Å². The molecule has 3 nitrogen and oxygen atoms in total. The number of ether oxygens (including phenoxy) is 1. The molecule has 19 heavy (non-hydrogen) atoms. The lowest BCUT2D eigenvalue weighted by Gasteiger charge is -2.26. The number of thioether (sulfide) groups is 1. The highest BCUT2D eigenvalue weighted by Gasteiger charge is 2.43. The minimum atomic E-state index is -0.871. The molecule has 0 saturated carbocycles. The van der Waals surface area contributed by atoms with Crippen molar-refractivity contribution in [1.29, 1.82) is 0 Å². The summed E-state index contributed by atoms with van der Waals surface area (Å²) < 4.78 is 5.97. The minimum Gasteiger partial charge on any atom is -0.481 e. The van der Waals surface area contributed by atoms with E-state index >= 15 is 0 Å². The summed E-state index contributed by atoms with van der Waals surface area (Å²) in [6.07, 6.45) is -0.0731. The fraction of sp³-hybridized carbons (Fsp3) is 0.133. The van der Waals surface area contributed by atoms with Crippen molar-refractivity contribution < 1.29 is 14.6 Å². The van der Waals surface area contributed by atoms with E-state index in [9.17, 15) is 9.90 Å². The van der Waals surface area contributed by atoms with Crippen molar-refractivity contribution >= 4 is 17.7 Å². The Bertz CT molecular complexity index is 585. The maximum absolute atomic E-state index is 11.2. The number of para-hydroxylation sites is 1. The highest BCUT2D eigenvalue weighted by molar-refractivity contribution is 8.00. The van der Waals surface area contributed by atoms with Crippen LogP contribution >= 0.6 is 11.8 Å². The second-order valence-electron chi connectivity index (χ2n) is 4.34. The van der Waals surface area contributed by atoms with Gasteiger partial charge in [-0.15, -0.1) is 0 Å². The Morgan fingerprint density at radius 2 is 1.79 bits per heavy atom. The van der Waals surface area contributed by atoms with Crippen molar-refractivity contribution in [2.24, 2.45) is 0 Å². The van der Waals surface area contributed by atoms with Crippen LogP contribution in [0.2, 0.25) is 0 Å². The molecule has 0 aliphatic carbocycles. The molecule has 3 rings (SSSR count). The zero-order chi connectivity index (χ0) is 13.3. The van der Waals surface area contributed by atoms with Gasteiger partial charge in [-0.05, 0) is 12.1 Å². The minimum absolute atomic E-state index is 0.0731. The standard InChI is InChI=1S/C15H12O3S/c16-14(17)10-15(11-6-2-1-3-7-11)18-12-8-4-5-9-13(12)19-15/h1-9H,10H2,(H,16,17). The molecule has 1 heterocycles. The predicted molar refractivity (Wildman–Crippen MR) is 73.3 cm³/mol. The van der Waals surface area contributed by atoms with Gasteiger partial charge in [0.25, 0.3) is 0 Å². The SMILES string of the molecule is O=C(O)CC1(c2ccccc2)Oc2ccccc2S1. The van der Waals surface area contributed by atoms with Crippen LogP contribution in [0.4, 0.5) is 0 Å². The highest BCUT2D eigenvalue weighted by Crippen LogP contribution is 2.54. The lowest BCUT2D eigenvalue weighted by Crippen LogP contribution is -2.29. The Morgan fingerprint density at radius 3 is 2.47 bits per heavy atom. The zero-order valence-electron chi connectivity index (χ0n) is 10.1. The van der Waals surface area contributed by atoms with Gasteiger partial charge in [0.15, 0.2) is 4.93 Å². The number of benzene rings is 2. The quantitative estimate of drug-likeness (QED) is 0.929. The first-order valence-corrected chi connectivity index (χ1v) is 6.76. The fourth-order valence-corrected chi connectivity index (χ4v) is 3.47. The Hall–Kier alpha value is -1.94. The number of hydrogen-bond donors (Lipinski definition) is 1. The smallest absolute Gasteiger partial charge is 0.308 e. The van der Waals surface area contributed by atoms with Gasteiger partial charge in [-0.3, -0.25) is 4.79 Å². The first-order chi connectivity index (χ1) is 9.20. The molecule has 0 radical (unpaired) electrons. The van der Waals surface area contributed by atoms with Crippen LogP contribution in [0.5, 0.6) is 5.75 Å². The first kappa shape index (κ1) is 12.1. The molecule has 1 aliphatic rings. The molecule has 0 saturated heterocycles. The third-order valence-electron chi connectivity index (χ3n) is 3.00. The molecule has 2 aromatic carbocycles. The van der Waals surface area contributed by atoms with Gasteiger partial charge in [0, 0.05) is 5.56 Å². The third kappa shape index (κ3) is 2.19. The van der Waals surface area contributed by atoms with Crippen molar-refractivity contribution in [2.45, 2.75) is 16.2 Å². The maximum atomic E-state index is 11.2. The number of hydrogen-bond acceptors (Lipinski definition) is 3. The molecule has 0 spiro atoms. The monoisotopic (exact) mass is 272 g/mol. The Labute approximate surface area is 115 Å². The van der Waals surface area contributed by atoms with Gasteiger partial charge in [0.05, 0.1) is 11.3 Å². The number of carboxylic acids is 1. The van der Waals surface area contributed by atoms with Crippen LogP contribution in [0, 0.1) is 0 Å². The second kappa shape index (κ2) is 4.63. The van der Waals surface area contributed by atoms with Crippen LogP contribution < -0.4 is 4.74 Å². The Balaban J connectivity index is 2.04. The summed E-state index contributed by atoms with van der Waals surface area (Å²) in [5.41, 5.74) is 0.874. The summed E-state index contributed by atoms with van der Waals surface area (Å²) in [7, 11) is 0. The molecule has 4 heteroatoms. The lowest BCUT2D eigenvalue weighted by atomic mass is 10.1. The van der Waals surface area contributed by atoms with Gasteiger partial charge in [-0.2, -0.15) is 0 Å². The van der Waals surface area contributed by atoms with Gasteiger partial charge >= 0.3 is 5.97 Å². The summed E-state index contributed by atoms with van der Waals surface area (Å²) in [6, 6.07) is 17.1. The number of carbonyl (C=O) groups is 1. The van der Waals surface area contributed by atoms with E-state index in [1.807, 2.05) is 54.6 Å². The molecule has 96 valence electrons. The zero-order valence-corrected chi connectivity index (χ0v) is 10.9. The Morgan fingerprint density at radius 1 is 1.11 bits per heavy atom. The van der Waals surface area contributed by atoms with Crippen LogP contribution in [0.25, 0.3) is 0 Å². The van der Waals surface area contributed by atoms with Crippen molar-refractivity contribution in [3.8, 4) is 5.75 Å². The van der Waals surface area contributed by atoms with E-state index in [0.717, 1.165) is 16.2 Å². The second-order valence-corrected chi connectivity index (χ2v) is 5.64. The van der Waals surface area contributed by atoms with Gasteiger partial charge in [0.1, 0.15) is 5.75 Å². The van der Waals surface area contributed by atoms with E-state index in [1.165, 1.54) is 11.8 Å². The normalized spacial score (nSPS) is 20.6. The topological polar surface area (TPSA) is 46.5 Å². The lowest BCUT2D eigenvalue weighted by molar-refractivity contribution is -0.139. The van der Waals surface area contributed by atoms with E-state index in [2.05, 4.69) is 0 Å². The molecule has 1 N–H and O–H groups in total. The van der Waals surface area contributed by atoms with E-state index in [-0.39, 0.29) is 6.42 Å². The molecule has 0 aromatic heterocycles. The average Bonchev–Trinajstić information content (AvgIpc) is 2.78. The van der Waals surface area contributed by atoms with Crippen LogP contribution in [-0.4, -0.2) is 11.1 Å². The van der Waals surface area contributed by atoms with E-state index in [0.29, 0.717) is 0 Å². The van der Waals surface area contributed by atoms with Gasteiger partial charge < -0.3 is 9.84 Å². The predicted octanol–water partition coefficient (Wildman–Crippen LogP) is 3.50. The number of carboxylic acid groups (broad SMARTS) is 1. The Kier molecular flexibility index (Phi) is 2.95. The fourth-order valence-electron chi connectivity index (χ4n) is 2.18. The molecule has 0 amide bonds. The first-order valence-electron chi connectivity index (χ1n) is 5.94. The number of rotatable bonds is 3. The van der Waals surface area contributed by atoms with Gasteiger partial charge in [0.2, 0.25) is 0 Å². The summed E-state index contributed by atoms with van der Waals surface area (Å²) in [6.45, 7) is 0. The molecule has 1 unspecified atom stereocenters. The van der Waals surface area contributed by atoms with Crippen molar-refractivity contribution in [2.75, 3.05) is 0 Å². The molecular weight excluding hydrogens is 260 g/mol. The molecule has 0 fully saturated rings. The molecule has 1 aliphatic heterocycles. The summed E-state index contributed by atoms with van der Waals surface area (Å²) in [4.78, 5) is 11.3. The molecule has 1 atom stereocenters. The highest BCUT2D eigenvalue weighted by atomic mass is 32.2. The van der Waals surface area contributed by atoms with E-state index < -0.39 is 10.9 Å². The maximum Gasteiger partial charge on any atom is 0.308 e. The van der Waals surface area contributed by atoms with Crippen LogP contribution in [0.1, 0.15) is 12.0 Å². The van der Waals surface area contributed by atoms with Crippen molar-refractivity contribution in [3.63, 3.8) is 0 Å². The van der Waals surface area contributed by atoms with Crippen molar-refractivity contribution in [3.05, 3.63) is 60.2 Å².